The molecule has 0 radical (unpaired) electrons. The maximum Gasteiger partial charge on any atom is 0.339 e. The summed E-state index contributed by atoms with van der Waals surface area (Å²) in [5.74, 6) is -0.739. The van der Waals surface area contributed by atoms with Gasteiger partial charge in [0.05, 0.1) is 30.9 Å². The number of nitrogens with zero attached hydrogens (tertiary/aromatic N) is 1. The highest BCUT2D eigenvalue weighted by atomic mass is 16.7. The van der Waals surface area contributed by atoms with Crippen LogP contribution in [0, 0.1) is 0 Å². The number of benzene rings is 1. The van der Waals surface area contributed by atoms with Crippen LogP contribution >= 0.6 is 0 Å². The van der Waals surface area contributed by atoms with Gasteiger partial charge in [-0.05, 0) is 25.0 Å². The van der Waals surface area contributed by atoms with E-state index in [-0.39, 0.29) is 51.0 Å². The second kappa shape index (κ2) is 44.5. The maximum atomic E-state index is 14.5. The number of methoxy groups -OCH3 is 1. The summed E-state index contributed by atoms with van der Waals surface area (Å²) in [6, 6.07) is 7.00. The first-order chi connectivity index (χ1) is 34.0. The molecule has 1 saturated heterocycles. The molecule has 1 amide bonds. The zero-order valence-electron chi connectivity index (χ0n) is 44.6. The fourth-order valence-corrected chi connectivity index (χ4v) is 9.65. The van der Waals surface area contributed by atoms with Crippen molar-refractivity contribution in [1.29, 1.82) is 0 Å². The summed E-state index contributed by atoms with van der Waals surface area (Å²) >= 11 is 0. The summed E-state index contributed by atoms with van der Waals surface area (Å²) in [6.07, 6.45) is 38.1. The highest BCUT2D eigenvalue weighted by Crippen LogP contribution is 2.30. The number of carbonyl (C=O) groups is 2. The van der Waals surface area contributed by atoms with Crippen molar-refractivity contribution >= 4 is 11.9 Å². The summed E-state index contributed by atoms with van der Waals surface area (Å²) in [7, 11) is 1.52. The fourth-order valence-electron chi connectivity index (χ4n) is 9.65. The molecule has 1 aliphatic heterocycles. The van der Waals surface area contributed by atoms with Gasteiger partial charge in [0.25, 0.3) is 5.91 Å². The van der Waals surface area contributed by atoms with Gasteiger partial charge < -0.3 is 50.5 Å². The van der Waals surface area contributed by atoms with E-state index in [0.717, 1.165) is 25.7 Å². The molecule has 1 aromatic rings. The van der Waals surface area contributed by atoms with Crippen LogP contribution in [-0.4, -0.2) is 114 Å². The van der Waals surface area contributed by atoms with E-state index >= 15 is 0 Å². The lowest BCUT2D eigenvalue weighted by Gasteiger charge is -2.45. The van der Waals surface area contributed by atoms with Crippen molar-refractivity contribution in [2.24, 2.45) is 17.2 Å². The van der Waals surface area contributed by atoms with Gasteiger partial charge >= 0.3 is 5.97 Å². The lowest BCUT2D eigenvalue weighted by atomic mass is 9.98. The smallest absolute Gasteiger partial charge is 0.339 e. The number of hydrogen-bond acceptors (Lipinski definition) is 11. The van der Waals surface area contributed by atoms with Crippen molar-refractivity contribution in [2.45, 2.75) is 250 Å². The van der Waals surface area contributed by atoms with Gasteiger partial charge in [-0.15, -0.1) is 0 Å². The van der Waals surface area contributed by atoms with Gasteiger partial charge in [0.15, 0.2) is 6.29 Å². The zero-order valence-corrected chi connectivity index (χ0v) is 44.6. The minimum absolute atomic E-state index is 0.128. The number of nitrogens with two attached hydrogens (primary N) is 3. The average molecular weight is 975 g/mol. The number of hydrogen-bond donors (Lipinski definition) is 3. The highest BCUT2D eigenvalue weighted by Gasteiger charge is 2.49. The second-order valence-electron chi connectivity index (χ2n) is 19.7. The first-order valence-corrected chi connectivity index (χ1v) is 28.7. The van der Waals surface area contributed by atoms with E-state index in [2.05, 4.69) is 13.8 Å². The molecule has 1 fully saturated rings. The van der Waals surface area contributed by atoms with Crippen molar-refractivity contribution < 1.29 is 38.0 Å². The number of esters is 1. The Bertz CT molecular complexity index is 1310. The molecule has 402 valence electrons. The molecule has 1 heterocycles. The summed E-state index contributed by atoms with van der Waals surface area (Å²) in [5.41, 5.74) is 18.0. The minimum atomic E-state index is -0.850. The molecule has 2 rings (SSSR count). The van der Waals surface area contributed by atoms with E-state index in [1.165, 1.54) is 187 Å². The Hall–Kier alpha value is -2.16. The van der Waals surface area contributed by atoms with Crippen LogP contribution in [0.25, 0.3) is 0 Å². The molecule has 12 heteroatoms. The monoisotopic (exact) mass is 975 g/mol. The van der Waals surface area contributed by atoms with Crippen LogP contribution in [-0.2, 0) is 28.4 Å². The first kappa shape index (κ1) is 63.0. The SMILES string of the molecule is CCCCCCCCCCCCCCCCCCN(CCCCCCCCCCCCCCCCCC)C(=O)c1ccccc1C(=O)OC[C@H]1O[C@H](OC)[C@H](OCCN)[C@@H](OCCN)[C@H]1OCCN. The standard InChI is InChI=1S/C57H106N4O8/c1-4-6-8-10-12-14-16-18-20-22-24-26-28-30-32-36-43-61(44-37-33-31-29-27-25-23-21-19-17-15-13-11-9-7-5-2)55(62)49-38-34-35-39-50(49)56(63)68-48-51-52(65-45-40-58)53(66-46-41-59)54(67-47-42-60)57(64-3)69-51/h34-35,38-39,51-54,57H,4-33,36-37,40-48,58-60H2,1-3H3/t51-,52+,53+,54-,57+/m1/s1. The van der Waals surface area contributed by atoms with Crippen LogP contribution in [0.5, 0.6) is 0 Å². The van der Waals surface area contributed by atoms with Gasteiger partial charge in [-0.25, -0.2) is 4.79 Å². The minimum Gasteiger partial charge on any atom is -0.459 e. The predicted molar refractivity (Wildman–Crippen MR) is 284 cm³/mol. The first-order valence-electron chi connectivity index (χ1n) is 28.7. The van der Waals surface area contributed by atoms with E-state index in [1.807, 2.05) is 11.0 Å². The van der Waals surface area contributed by atoms with Crippen molar-refractivity contribution in [2.75, 3.05) is 66.3 Å². The topological polar surface area (TPSA) is 171 Å². The quantitative estimate of drug-likeness (QED) is 0.0419. The molecule has 0 aliphatic carbocycles. The summed E-state index contributed by atoms with van der Waals surface area (Å²) in [6.45, 7) is 7.27. The lowest BCUT2D eigenvalue weighted by molar-refractivity contribution is -0.315. The number of amides is 1. The van der Waals surface area contributed by atoms with Crippen molar-refractivity contribution in [3.05, 3.63) is 35.4 Å². The van der Waals surface area contributed by atoms with E-state index in [4.69, 9.17) is 45.6 Å². The molecule has 0 bridgehead atoms. The third kappa shape index (κ3) is 29.2. The van der Waals surface area contributed by atoms with Crippen molar-refractivity contribution in [1.82, 2.24) is 4.90 Å². The van der Waals surface area contributed by atoms with Gasteiger partial charge in [-0.1, -0.05) is 219 Å². The third-order valence-electron chi connectivity index (χ3n) is 13.7. The van der Waals surface area contributed by atoms with Crippen LogP contribution in [0.15, 0.2) is 24.3 Å². The van der Waals surface area contributed by atoms with Crippen LogP contribution in [0.1, 0.15) is 240 Å². The average Bonchev–Trinajstić information content (AvgIpc) is 3.37. The fraction of sp³-hybridized carbons (Fsp3) is 0.860. The van der Waals surface area contributed by atoms with E-state index < -0.39 is 36.7 Å². The molecule has 6 N–H and O–H groups in total. The predicted octanol–water partition coefficient (Wildman–Crippen LogP) is 12.2. The van der Waals surface area contributed by atoms with Gasteiger partial charge in [0.1, 0.15) is 31.0 Å². The number of unbranched alkanes of at least 4 members (excludes halogenated alkanes) is 30. The van der Waals surface area contributed by atoms with Crippen LogP contribution in [0.2, 0.25) is 0 Å². The third-order valence-corrected chi connectivity index (χ3v) is 13.7. The van der Waals surface area contributed by atoms with Gasteiger partial charge in [0.2, 0.25) is 0 Å². The number of carbonyl (C=O) groups excluding carboxylic acids is 2. The van der Waals surface area contributed by atoms with Crippen molar-refractivity contribution in [3.63, 3.8) is 0 Å². The molecular formula is C57H106N4O8. The molecule has 5 atom stereocenters. The highest BCUT2D eigenvalue weighted by molar-refractivity contribution is 6.05. The molecule has 0 aromatic heterocycles. The molecule has 12 nitrogen and oxygen atoms in total. The molecule has 0 spiro atoms. The van der Waals surface area contributed by atoms with Gasteiger partial charge in [0, 0.05) is 39.8 Å². The Balaban J connectivity index is 1.98. The largest absolute Gasteiger partial charge is 0.459 e. The van der Waals surface area contributed by atoms with Crippen LogP contribution in [0.3, 0.4) is 0 Å². The second-order valence-corrected chi connectivity index (χ2v) is 19.7. The Morgan fingerprint density at radius 1 is 0.493 bits per heavy atom. The van der Waals surface area contributed by atoms with E-state index in [0.29, 0.717) is 25.2 Å². The van der Waals surface area contributed by atoms with E-state index in [9.17, 15) is 9.59 Å². The lowest BCUT2D eigenvalue weighted by Crippen LogP contribution is -2.62. The molecular weight excluding hydrogens is 869 g/mol. The molecule has 69 heavy (non-hydrogen) atoms. The number of ether oxygens (including phenoxy) is 6. The molecule has 1 aliphatic rings. The Kier molecular flexibility index (Phi) is 40.6. The Morgan fingerprint density at radius 3 is 1.22 bits per heavy atom. The maximum absolute atomic E-state index is 14.5. The van der Waals surface area contributed by atoms with Crippen LogP contribution in [0.4, 0.5) is 0 Å². The summed E-state index contributed by atoms with van der Waals surface area (Å²) in [5, 5.41) is 0. The van der Waals surface area contributed by atoms with E-state index in [1.54, 1.807) is 18.2 Å². The summed E-state index contributed by atoms with van der Waals surface area (Å²) in [4.78, 5) is 30.4. The Morgan fingerprint density at radius 2 is 0.841 bits per heavy atom. The number of rotatable bonds is 48. The zero-order chi connectivity index (χ0) is 49.8. The van der Waals surface area contributed by atoms with Gasteiger partial charge in [-0.2, -0.15) is 0 Å². The molecule has 0 saturated carbocycles. The Labute approximate surface area is 422 Å². The summed E-state index contributed by atoms with van der Waals surface area (Å²) < 4.78 is 36.3. The van der Waals surface area contributed by atoms with Gasteiger partial charge in [-0.3, -0.25) is 4.79 Å². The normalized spacial score (nSPS) is 18.2. The van der Waals surface area contributed by atoms with Crippen LogP contribution < -0.4 is 17.2 Å². The van der Waals surface area contributed by atoms with Crippen molar-refractivity contribution in [3.8, 4) is 0 Å². The molecule has 1 aromatic carbocycles. The molecule has 0 unspecified atom stereocenters.